The largest absolute Gasteiger partial charge is 0.490 e. The van der Waals surface area contributed by atoms with Crippen molar-refractivity contribution in [1.82, 2.24) is 9.55 Å². The van der Waals surface area contributed by atoms with Crippen molar-refractivity contribution in [3.63, 3.8) is 0 Å². The van der Waals surface area contributed by atoms with E-state index in [2.05, 4.69) is 10.1 Å². The molecule has 0 unspecified atom stereocenters. The summed E-state index contributed by atoms with van der Waals surface area (Å²) < 4.78 is 12.4. The SMILES string of the molecule is CCOc1cc(/C=N\N(CC)c2cc(=O)n(C)c(=O)[nH]2)ccc1OC(C)C. The monoisotopic (exact) mass is 374 g/mol. The van der Waals surface area contributed by atoms with Gasteiger partial charge in [0.1, 0.15) is 5.82 Å². The zero-order valence-electron chi connectivity index (χ0n) is 16.4. The second-order valence-electron chi connectivity index (χ2n) is 6.12. The van der Waals surface area contributed by atoms with E-state index in [1.54, 1.807) is 11.2 Å². The average Bonchev–Trinajstić information content (AvgIpc) is 2.62. The van der Waals surface area contributed by atoms with Gasteiger partial charge in [0, 0.05) is 19.7 Å². The Hall–Kier alpha value is -3.03. The van der Waals surface area contributed by atoms with Crippen molar-refractivity contribution < 1.29 is 9.47 Å². The van der Waals surface area contributed by atoms with Gasteiger partial charge in [-0.2, -0.15) is 5.10 Å². The summed E-state index contributed by atoms with van der Waals surface area (Å²) in [5, 5.41) is 5.92. The maximum atomic E-state index is 11.8. The van der Waals surface area contributed by atoms with Crippen molar-refractivity contribution in [3.05, 3.63) is 50.7 Å². The Morgan fingerprint density at radius 1 is 1.22 bits per heavy atom. The standard InChI is InChI=1S/C19H26N4O4/c1-6-23(17-11-18(24)22(5)19(25)21-17)20-12-14-8-9-15(27-13(3)4)16(10-14)26-7-2/h8-13H,6-7H2,1-5H3,(H,21,25)/b20-12-. The third-order valence-electron chi connectivity index (χ3n) is 3.68. The lowest BCUT2D eigenvalue weighted by Gasteiger charge is -2.17. The topological polar surface area (TPSA) is 88.9 Å². The van der Waals surface area contributed by atoms with E-state index in [0.717, 1.165) is 10.1 Å². The Kier molecular flexibility index (Phi) is 6.81. The lowest BCUT2D eigenvalue weighted by molar-refractivity contribution is 0.224. The number of nitrogens with one attached hydrogen (secondary N) is 1. The zero-order valence-corrected chi connectivity index (χ0v) is 16.4. The van der Waals surface area contributed by atoms with Crippen LogP contribution in [0.3, 0.4) is 0 Å². The van der Waals surface area contributed by atoms with Crippen molar-refractivity contribution in [2.24, 2.45) is 12.1 Å². The molecule has 146 valence electrons. The van der Waals surface area contributed by atoms with Crippen LogP contribution in [0.1, 0.15) is 33.3 Å². The minimum Gasteiger partial charge on any atom is -0.490 e. The first-order valence-corrected chi connectivity index (χ1v) is 8.91. The molecule has 27 heavy (non-hydrogen) atoms. The molecule has 0 atom stereocenters. The van der Waals surface area contributed by atoms with E-state index in [4.69, 9.17) is 9.47 Å². The molecule has 0 bridgehead atoms. The van der Waals surface area contributed by atoms with Crippen LogP contribution in [0, 0.1) is 0 Å². The quantitative estimate of drug-likeness (QED) is 0.565. The van der Waals surface area contributed by atoms with E-state index in [1.807, 2.05) is 45.9 Å². The number of hydrogen-bond acceptors (Lipinski definition) is 6. The average molecular weight is 374 g/mol. The predicted molar refractivity (Wildman–Crippen MR) is 106 cm³/mol. The van der Waals surface area contributed by atoms with Gasteiger partial charge in [0.2, 0.25) is 0 Å². The molecule has 0 aliphatic heterocycles. The van der Waals surface area contributed by atoms with Crippen LogP contribution in [0.5, 0.6) is 11.5 Å². The second kappa shape index (κ2) is 9.07. The highest BCUT2D eigenvalue weighted by Gasteiger charge is 2.09. The number of aromatic nitrogens is 2. The summed E-state index contributed by atoms with van der Waals surface area (Å²) >= 11 is 0. The molecule has 1 aromatic heterocycles. The number of ether oxygens (including phenoxy) is 2. The first-order valence-electron chi connectivity index (χ1n) is 8.91. The number of benzene rings is 1. The molecule has 2 aromatic rings. The Morgan fingerprint density at radius 3 is 2.56 bits per heavy atom. The van der Waals surface area contributed by atoms with Crippen LogP contribution in [0.4, 0.5) is 5.82 Å². The van der Waals surface area contributed by atoms with Gasteiger partial charge in [0.15, 0.2) is 11.5 Å². The van der Waals surface area contributed by atoms with Gasteiger partial charge in [-0.3, -0.25) is 14.3 Å². The minimum atomic E-state index is -0.486. The van der Waals surface area contributed by atoms with Gasteiger partial charge in [-0.05, 0) is 51.5 Å². The molecule has 0 radical (unpaired) electrons. The van der Waals surface area contributed by atoms with E-state index >= 15 is 0 Å². The Morgan fingerprint density at radius 2 is 1.96 bits per heavy atom. The molecule has 8 nitrogen and oxygen atoms in total. The molecule has 0 aliphatic rings. The molecule has 1 heterocycles. The molecule has 0 amide bonds. The Balaban J connectivity index is 2.30. The molecule has 0 saturated carbocycles. The van der Waals surface area contributed by atoms with Crippen LogP contribution in [-0.2, 0) is 7.05 Å². The van der Waals surface area contributed by atoms with Gasteiger partial charge < -0.3 is 9.47 Å². The molecule has 0 saturated heterocycles. The Bertz CT molecular complexity index is 883. The third-order valence-corrected chi connectivity index (χ3v) is 3.68. The maximum Gasteiger partial charge on any atom is 0.329 e. The van der Waals surface area contributed by atoms with Crippen LogP contribution >= 0.6 is 0 Å². The number of hydrogen-bond donors (Lipinski definition) is 1. The predicted octanol–water partition coefficient (Wildman–Crippen LogP) is 2.12. The van der Waals surface area contributed by atoms with E-state index in [0.29, 0.717) is 30.5 Å². The van der Waals surface area contributed by atoms with Gasteiger partial charge in [-0.15, -0.1) is 0 Å². The number of anilines is 1. The minimum absolute atomic E-state index is 0.0387. The van der Waals surface area contributed by atoms with Crippen LogP contribution in [0.25, 0.3) is 0 Å². The van der Waals surface area contributed by atoms with Crippen LogP contribution in [0.15, 0.2) is 39.0 Å². The number of hydrazone groups is 1. The van der Waals surface area contributed by atoms with E-state index in [9.17, 15) is 9.59 Å². The molecule has 0 aliphatic carbocycles. The smallest absolute Gasteiger partial charge is 0.329 e. The van der Waals surface area contributed by atoms with E-state index in [-0.39, 0.29) is 6.10 Å². The molecule has 1 N–H and O–H groups in total. The highest BCUT2D eigenvalue weighted by molar-refractivity contribution is 5.81. The van der Waals surface area contributed by atoms with Crippen LogP contribution < -0.4 is 25.7 Å². The Labute approximate surface area is 158 Å². The molecular formula is C19H26N4O4. The van der Waals surface area contributed by atoms with Crippen LogP contribution in [0.2, 0.25) is 0 Å². The van der Waals surface area contributed by atoms with Gasteiger partial charge in [-0.1, -0.05) is 0 Å². The van der Waals surface area contributed by atoms with Gasteiger partial charge in [0.25, 0.3) is 5.56 Å². The van der Waals surface area contributed by atoms with Gasteiger partial charge in [0.05, 0.1) is 18.9 Å². The molecular weight excluding hydrogens is 348 g/mol. The second-order valence-corrected chi connectivity index (χ2v) is 6.12. The summed E-state index contributed by atoms with van der Waals surface area (Å²) in [5.74, 6) is 1.65. The van der Waals surface area contributed by atoms with Crippen LogP contribution in [-0.4, -0.2) is 35.0 Å². The highest BCUT2D eigenvalue weighted by atomic mass is 16.5. The first-order chi connectivity index (χ1) is 12.8. The third kappa shape index (κ3) is 5.22. The number of aromatic amines is 1. The number of nitrogens with zero attached hydrogens (tertiary/aromatic N) is 3. The summed E-state index contributed by atoms with van der Waals surface area (Å²) in [6, 6.07) is 6.88. The number of H-pyrrole nitrogens is 1. The van der Waals surface area contributed by atoms with Crippen molar-refractivity contribution in [3.8, 4) is 11.5 Å². The van der Waals surface area contributed by atoms with Crippen molar-refractivity contribution in [1.29, 1.82) is 0 Å². The van der Waals surface area contributed by atoms with Gasteiger partial charge in [-0.25, -0.2) is 9.80 Å². The van der Waals surface area contributed by atoms with Crippen molar-refractivity contribution in [2.75, 3.05) is 18.2 Å². The number of rotatable bonds is 8. The summed E-state index contributed by atoms with van der Waals surface area (Å²) in [5.41, 5.74) is -0.0737. The summed E-state index contributed by atoms with van der Waals surface area (Å²) in [7, 11) is 1.42. The lowest BCUT2D eigenvalue weighted by Crippen LogP contribution is -2.34. The fourth-order valence-electron chi connectivity index (χ4n) is 2.36. The lowest BCUT2D eigenvalue weighted by atomic mass is 10.2. The van der Waals surface area contributed by atoms with E-state index in [1.165, 1.54) is 13.1 Å². The summed E-state index contributed by atoms with van der Waals surface area (Å²) in [6.07, 6.45) is 1.68. The first kappa shape index (κ1) is 20.3. The fourth-order valence-corrected chi connectivity index (χ4v) is 2.36. The molecule has 2 rings (SSSR count). The highest BCUT2D eigenvalue weighted by Crippen LogP contribution is 2.29. The van der Waals surface area contributed by atoms with Crippen molar-refractivity contribution >= 4 is 12.0 Å². The molecule has 1 aromatic carbocycles. The maximum absolute atomic E-state index is 11.8. The van der Waals surface area contributed by atoms with E-state index < -0.39 is 11.2 Å². The summed E-state index contributed by atoms with van der Waals surface area (Å²) in [6.45, 7) is 8.69. The molecule has 0 fully saturated rings. The zero-order chi connectivity index (χ0) is 20.0. The normalized spacial score (nSPS) is 11.2. The van der Waals surface area contributed by atoms with Gasteiger partial charge >= 0.3 is 5.69 Å². The molecule has 0 spiro atoms. The summed E-state index contributed by atoms with van der Waals surface area (Å²) in [4.78, 5) is 26.3. The fraction of sp³-hybridized carbons (Fsp3) is 0.421. The molecule has 8 heteroatoms. The van der Waals surface area contributed by atoms with Crippen molar-refractivity contribution in [2.45, 2.75) is 33.8 Å².